The molecule has 3 aromatic rings. The van der Waals surface area contributed by atoms with Crippen LogP contribution < -0.4 is 14.4 Å². The Morgan fingerprint density at radius 3 is 2.34 bits per heavy atom. The molecule has 0 spiro atoms. The third kappa shape index (κ3) is 3.56. The van der Waals surface area contributed by atoms with Gasteiger partial charge in [-0.15, -0.1) is 0 Å². The first kappa shape index (κ1) is 21.0. The number of carbonyl (C=O) groups excluding carboxylic acids is 2. The Morgan fingerprint density at radius 2 is 1.72 bits per heavy atom. The van der Waals surface area contributed by atoms with Crippen LogP contribution in [-0.2, 0) is 9.59 Å². The van der Waals surface area contributed by atoms with Crippen LogP contribution in [0.25, 0.3) is 5.76 Å². The highest BCUT2D eigenvalue weighted by Crippen LogP contribution is 2.43. The van der Waals surface area contributed by atoms with Crippen LogP contribution in [0.15, 0.2) is 72.4 Å². The van der Waals surface area contributed by atoms with Gasteiger partial charge in [-0.1, -0.05) is 12.1 Å². The molecule has 0 aliphatic carbocycles. The number of aliphatic hydroxyl groups excluding tert-OH is 1. The maximum atomic E-state index is 13.4. The molecular weight excluding hydrogens is 415 g/mol. The molecule has 4 rings (SSSR count). The average molecular weight is 434 g/mol. The van der Waals surface area contributed by atoms with Gasteiger partial charge in [-0.05, 0) is 54.1 Å². The van der Waals surface area contributed by atoms with Gasteiger partial charge in [0, 0.05) is 11.8 Å². The molecule has 1 aliphatic heterocycles. The van der Waals surface area contributed by atoms with Crippen molar-refractivity contribution in [2.45, 2.75) is 6.04 Å². The molecule has 2 aromatic carbocycles. The van der Waals surface area contributed by atoms with E-state index in [-0.39, 0.29) is 17.0 Å². The fourth-order valence-electron chi connectivity index (χ4n) is 3.67. The fourth-order valence-corrected chi connectivity index (χ4v) is 3.67. The molecule has 162 valence electrons. The number of Topliss-reactive ketones (excluding diaryl/α,β-unsaturated/α-hetero) is 1. The zero-order valence-corrected chi connectivity index (χ0v) is 17.3. The van der Waals surface area contributed by atoms with Gasteiger partial charge < -0.3 is 14.6 Å². The topological polar surface area (TPSA) is 89.0 Å². The standard InChI is InChI=1S/C24H19FN2O5/c1-31-17-11-8-15(13-18(17)32-2)21-20(22(28)14-6-9-16(25)10-7-14)23(29)24(30)27(21)19-5-3-4-12-26-19/h3-13,21,28H,1-2H3/t21-/m0/s1. The minimum Gasteiger partial charge on any atom is -0.507 e. The number of halogens is 1. The van der Waals surface area contributed by atoms with Crippen LogP contribution in [0.1, 0.15) is 17.2 Å². The molecule has 0 unspecified atom stereocenters. The largest absolute Gasteiger partial charge is 0.507 e. The maximum Gasteiger partial charge on any atom is 0.301 e. The lowest BCUT2D eigenvalue weighted by Crippen LogP contribution is -2.30. The number of anilines is 1. The Labute approximate surface area is 183 Å². The molecule has 0 radical (unpaired) electrons. The molecule has 1 aromatic heterocycles. The predicted molar refractivity (Wildman–Crippen MR) is 115 cm³/mol. The molecule has 0 bridgehead atoms. The lowest BCUT2D eigenvalue weighted by Gasteiger charge is -2.25. The summed E-state index contributed by atoms with van der Waals surface area (Å²) in [6, 6.07) is 13.9. The lowest BCUT2D eigenvalue weighted by molar-refractivity contribution is -0.132. The van der Waals surface area contributed by atoms with Gasteiger partial charge in [-0.25, -0.2) is 9.37 Å². The van der Waals surface area contributed by atoms with Gasteiger partial charge in [0.15, 0.2) is 11.5 Å². The van der Waals surface area contributed by atoms with Crippen molar-refractivity contribution in [3.8, 4) is 11.5 Å². The SMILES string of the molecule is COc1ccc([C@H]2C(=C(O)c3ccc(F)cc3)C(=O)C(=O)N2c2ccccn2)cc1OC. The number of carbonyl (C=O) groups is 2. The van der Waals surface area contributed by atoms with Crippen LogP contribution in [-0.4, -0.2) is 36.0 Å². The molecule has 7 nitrogen and oxygen atoms in total. The number of benzene rings is 2. The fraction of sp³-hybridized carbons (Fsp3) is 0.125. The number of methoxy groups -OCH3 is 2. The van der Waals surface area contributed by atoms with E-state index < -0.39 is 29.3 Å². The van der Waals surface area contributed by atoms with Crippen molar-refractivity contribution < 1.29 is 28.6 Å². The van der Waals surface area contributed by atoms with E-state index in [2.05, 4.69) is 4.98 Å². The Bertz CT molecular complexity index is 1210. The molecule has 32 heavy (non-hydrogen) atoms. The number of ketones is 1. The van der Waals surface area contributed by atoms with Gasteiger partial charge in [0.1, 0.15) is 17.4 Å². The Hall–Kier alpha value is -4.20. The highest BCUT2D eigenvalue weighted by molar-refractivity contribution is 6.51. The van der Waals surface area contributed by atoms with E-state index >= 15 is 0 Å². The molecular formula is C24H19FN2O5. The Morgan fingerprint density at radius 1 is 1.00 bits per heavy atom. The van der Waals surface area contributed by atoms with Crippen molar-refractivity contribution in [3.05, 3.63) is 89.4 Å². The zero-order valence-electron chi connectivity index (χ0n) is 17.3. The number of amides is 1. The van der Waals surface area contributed by atoms with Crippen LogP contribution in [0.4, 0.5) is 10.2 Å². The first-order valence-corrected chi connectivity index (χ1v) is 9.66. The van der Waals surface area contributed by atoms with Gasteiger partial charge in [-0.3, -0.25) is 14.5 Å². The summed E-state index contributed by atoms with van der Waals surface area (Å²) in [7, 11) is 2.96. The number of pyridine rings is 1. The summed E-state index contributed by atoms with van der Waals surface area (Å²) in [5, 5.41) is 11.0. The first-order valence-electron chi connectivity index (χ1n) is 9.66. The summed E-state index contributed by atoms with van der Waals surface area (Å²) in [5.41, 5.74) is 0.562. The van der Waals surface area contributed by atoms with Crippen LogP contribution >= 0.6 is 0 Å². The molecule has 1 atom stereocenters. The number of aromatic nitrogens is 1. The highest BCUT2D eigenvalue weighted by Gasteiger charge is 2.47. The second kappa shape index (κ2) is 8.50. The van der Waals surface area contributed by atoms with Gasteiger partial charge in [0.25, 0.3) is 5.78 Å². The predicted octanol–water partition coefficient (Wildman–Crippen LogP) is 3.86. The zero-order chi connectivity index (χ0) is 22.8. The van der Waals surface area contributed by atoms with Crippen molar-refractivity contribution >= 4 is 23.3 Å². The number of hydrogen-bond donors (Lipinski definition) is 1. The van der Waals surface area contributed by atoms with Crippen LogP contribution in [0, 0.1) is 5.82 Å². The molecule has 1 aliphatic rings. The quantitative estimate of drug-likeness (QED) is 0.373. The third-order valence-corrected chi connectivity index (χ3v) is 5.18. The summed E-state index contributed by atoms with van der Waals surface area (Å²) in [6.45, 7) is 0. The molecule has 0 saturated carbocycles. The van der Waals surface area contributed by atoms with Gasteiger partial charge >= 0.3 is 5.91 Å². The van der Waals surface area contributed by atoms with E-state index in [1.165, 1.54) is 37.4 Å². The monoisotopic (exact) mass is 434 g/mol. The van der Waals surface area contributed by atoms with Crippen molar-refractivity contribution in [1.29, 1.82) is 0 Å². The number of ether oxygens (including phenoxy) is 2. The molecule has 1 saturated heterocycles. The van der Waals surface area contributed by atoms with E-state index in [0.29, 0.717) is 17.1 Å². The molecule has 1 N–H and O–H groups in total. The highest BCUT2D eigenvalue weighted by atomic mass is 19.1. The van der Waals surface area contributed by atoms with Crippen molar-refractivity contribution in [3.63, 3.8) is 0 Å². The second-order valence-electron chi connectivity index (χ2n) is 6.98. The van der Waals surface area contributed by atoms with E-state index in [0.717, 1.165) is 12.1 Å². The summed E-state index contributed by atoms with van der Waals surface area (Å²) in [4.78, 5) is 31.5. The van der Waals surface area contributed by atoms with E-state index in [9.17, 15) is 19.1 Å². The smallest absolute Gasteiger partial charge is 0.301 e. The van der Waals surface area contributed by atoms with E-state index in [1.54, 1.807) is 36.4 Å². The summed E-state index contributed by atoms with van der Waals surface area (Å²) < 4.78 is 24.0. The maximum absolute atomic E-state index is 13.4. The van der Waals surface area contributed by atoms with Gasteiger partial charge in [0.05, 0.1) is 25.8 Å². The Kier molecular flexibility index (Phi) is 5.59. The van der Waals surface area contributed by atoms with Crippen LogP contribution in [0.2, 0.25) is 0 Å². The number of aliphatic hydroxyl groups is 1. The minimum absolute atomic E-state index is 0.139. The lowest BCUT2D eigenvalue weighted by atomic mass is 9.95. The number of nitrogens with zero attached hydrogens (tertiary/aromatic N) is 2. The van der Waals surface area contributed by atoms with Crippen molar-refractivity contribution in [2.24, 2.45) is 0 Å². The summed E-state index contributed by atoms with van der Waals surface area (Å²) in [5.74, 6) is -1.53. The average Bonchev–Trinajstić information content (AvgIpc) is 3.09. The van der Waals surface area contributed by atoms with Crippen molar-refractivity contribution in [2.75, 3.05) is 19.1 Å². The van der Waals surface area contributed by atoms with Crippen LogP contribution in [0.3, 0.4) is 0 Å². The molecule has 1 fully saturated rings. The van der Waals surface area contributed by atoms with Crippen molar-refractivity contribution in [1.82, 2.24) is 4.98 Å². The molecule has 2 heterocycles. The van der Waals surface area contributed by atoms with E-state index in [4.69, 9.17) is 9.47 Å². The van der Waals surface area contributed by atoms with Gasteiger partial charge in [-0.2, -0.15) is 0 Å². The number of hydrogen-bond acceptors (Lipinski definition) is 6. The number of rotatable bonds is 5. The third-order valence-electron chi connectivity index (χ3n) is 5.18. The summed E-state index contributed by atoms with van der Waals surface area (Å²) >= 11 is 0. The summed E-state index contributed by atoms with van der Waals surface area (Å²) in [6.07, 6.45) is 1.50. The van der Waals surface area contributed by atoms with Gasteiger partial charge in [0.2, 0.25) is 0 Å². The minimum atomic E-state index is -0.991. The van der Waals surface area contributed by atoms with Crippen LogP contribution in [0.5, 0.6) is 11.5 Å². The van der Waals surface area contributed by atoms with E-state index in [1.807, 2.05) is 0 Å². The second-order valence-corrected chi connectivity index (χ2v) is 6.98. The molecule has 8 heteroatoms. The normalized spacial score (nSPS) is 17.5. The Balaban J connectivity index is 1.96. The first-order chi connectivity index (χ1) is 15.5. The molecule has 1 amide bonds.